The van der Waals surface area contributed by atoms with Gasteiger partial charge < -0.3 is 15.4 Å². The van der Waals surface area contributed by atoms with Crippen molar-refractivity contribution in [2.75, 3.05) is 25.4 Å². The van der Waals surface area contributed by atoms with Gasteiger partial charge in [-0.2, -0.15) is 5.26 Å². The molecule has 1 aromatic rings. The number of nitriles is 1. The van der Waals surface area contributed by atoms with Crippen molar-refractivity contribution in [3.8, 4) is 6.07 Å². The Labute approximate surface area is 106 Å². The standard InChI is InChI=1S/C13H15N3O2/c14-8-11-9-16(5-6-18-11)13(17)7-10-3-1-2-4-12(10)15/h1-4,11H,5-7,9,15H2. The number of nitrogens with two attached hydrogens (primary N) is 1. The molecule has 5 heteroatoms. The number of rotatable bonds is 2. The molecule has 1 amide bonds. The molecule has 94 valence electrons. The van der Waals surface area contributed by atoms with E-state index in [1.807, 2.05) is 24.3 Å². The quantitative estimate of drug-likeness (QED) is 0.772. The number of carbonyl (C=O) groups is 1. The number of anilines is 1. The molecule has 1 saturated heterocycles. The minimum absolute atomic E-state index is 0.0172. The van der Waals surface area contributed by atoms with Crippen LogP contribution in [0.5, 0.6) is 0 Å². The summed E-state index contributed by atoms with van der Waals surface area (Å²) < 4.78 is 5.20. The van der Waals surface area contributed by atoms with Crippen molar-refractivity contribution in [3.63, 3.8) is 0 Å². The van der Waals surface area contributed by atoms with Crippen LogP contribution in [0.1, 0.15) is 5.56 Å². The third-order valence-electron chi connectivity index (χ3n) is 2.96. The summed E-state index contributed by atoms with van der Waals surface area (Å²) in [5, 5.41) is 8.79. The second-order valence-corrected chi connectivity index (χ2v) is 4.20. The van der Waals surface area contributed by atoms with Crippen molar-refractivity contribution < 1.29 is 9.53 Å². The lowest BCUT2D eigenvalue weighted by molar-refractivity contribution is -0.136. The maximum atomic E-state index is 12.1. The summed E-state index contributed by atoms with van der Waals surface area (Å²) in [6, 6.07) is 9.34. The number of amides is 1. The van der Waals surface area contributed by atoms with Gasteiger partial charge in [-0.25, -0.2) is 0 Å². The molecule has 0 saturated carbocycles. The highest BCUT2D eigenvalue weighted by Gasteiger charge is 2.24. The second-order valence-electron chi connectivity index (χ2n) is 4.20. The van der Waals surface area contributed by atoms with Gasteiger partial charge in [-0.05, 0) is 11.6 Å². The molecular weight excluding hydrogens is 230 g/mol. The van der Waals surface area contributed by atoms with E-state index in [0.717, 1.165) is 5.56 Å². The first-order valence-corrected chi connectivity index (χ1v) is 5.83. The van der Waals surface area contributed by atoms with E-state index < -0.39 is 6.10 Å². The fraction of sp³-hybridized carbons (Fsp3) is 0.385. The fourth-order valence-corrected chi connectivity index (χ4v) is 1.92. The Bertz CT molecular complexity index is 481. The molecule has 0 spiro atoms. The van der Waals surface area contributed by atoms with Crippen molar-refractivity contribution in [1.82, 2.24) is 4.90 Å². The predicted molar refractivity (Wildman–Crippen MR) is 66.5 cm³/mol. The summed E-state index contributed by atoms with van der Waals surface area (Å²) in [6.45, 7) is 1.28. The van der Waals surface area contributed by atoms with Crippen molar-refractivity contribution in [3.05, 3.63) is 29.8 Å². The molecule has 2 rings (SSSR count). The molecule has 0 aromatic heterocycles. The molecule has 18 heavy (non-hydrogen) atoms. The molecule has 2 N–H and O–H groups in total. The van der Waals surface area contributed by atoms with Crippen molar-refractivity contribution in [2.45, 2.75) is 12.5 Å². The second kappa shape index (κ2) is 5.52. The normalized spacial score (nSPS) is 19.3. The monoisotopic (exact) mass is 245 g/mol. The van der Waals surface area contributed by atoms with Gasteiger partial charge in [0, 0.05) is 12.2 Å². The summed E-state index contributed by atoms with van der Waals surface area (Å²) in [7, 11) is 0. The average Bonchev–Trinajstić information content (AvgIpc) is 2.41. The lowest BCUT2D eigenvalue weighted by atomic mass is 10.1. The van der Waals surface area contributed by atoms with E-state index in [-0.39, 0.29) is 12.3 Å². The smallest absolute Gasteiger partial charge is 0.227 e. The lowest BCUT2D eigenvalue weighted by Crippen LogP contribution is -2.45. The van der Waals surface area contributed by atoms with E-state index >= 15 is 0 Å². The Morgan fingerprint density at radius 3 is 3.06 bits per heavy atom. The molecule has 1 atom stereocenters. The summed E-state index contributed by atoms with van der Waals surface area (Å²) in [6.07, 6.45) is -0.249. The van der Waals surface area contributed by atoms with Gasteiger partial charge in [0.25, 0.3) is 0 Å². The average molecular weight is 245 g/mol. The fourth-order valence-electron chi connectivity index (χ4n) is 1.92. The van der Waals surface area contributed by atoms with Crippen LogP contribution in [0, 0.1) is 11.3 Å². The number of nitrogen functional groups attached to an aromatic ring is 1. The van der Waals surface area contributed by atoms with Gasteiger partial charge in [0.05, 0.1) is 25.6 Å². The van der Waals surface area contributed by atoms with Crippen LogP contribution in [0.2, 0.25) is 0 Å². The zero-order valence-corrected chi connectivity index (χ0v) is 10.0. The summed E-state index contributed by atoms with van der Waals surface area (Å²) >= 11 is 0. The topological polar surface area (TPSA) is 79.4 Å². The molecule has 1 aliphatic heterocycles. The predicted octanol–water partition coefficient (Wildman–Crippen LogP) is 0.562. The Kier molecular flexibility index (Phi) is 3.80. The van der Waals surface area contributed by atoms with Crippen LogP contribution in [0.25, 0.3) is 0 Å². The van der Waals surface area contributed by atoms with Crippen LogP contribution in [-0.4, -0.2) is 36.6 Å². The van der Waals surface area contributed by atoms with Gasteiger partial charge in [-0.15, -0.1) is 0 Å². The van der Waals surface area contributed by atoms with Crippen LogP contribution in [0.15, 0.2) is 24.3 Å². The largest absolute Gasteiger partial charge is 0.398 e. The van der Waals surface area contributed by atoms with E-state index in [4.69, 9.17) is 15.7 Å². The Hall–Kier alpha value is -2.06. The third kappa shape index (κ3) is 2.79. The first-order chi connectivity index (χ1) is 8.70. The molecule has 1 aliphatic rings. The Morgan fingerprint density at radius 2 is 2.33 bits per heavy atom. The van der Waals surface area contributed by atoms with Gasteiger partial charge in [0.2, 0.25) is 5.91 Å². The molecular formula is C13H15N3O2. The van der Waals surface area contributed by atoms with Gasteiger partial charge in [0.1, 0.15) is 0 Å². The van der Waals surface area contributed by atoms with Crippen LogP contribution < -0.4 is 5.73 Å². The van der Waals surface area contributed by atoms with Gasteiger partial charge in [0.15, 0.2) is 6.10 Å². The molecule has 0 aliphatic carbocycles. The summed E-state index contributed by atoms with van der Waals surface area (Å²) in [4.78, 5) is 13.7. The van der Waals surface area contributed by atoms with E-state index in [1.165, 1.54) is 0 Å². The summed E-state index contributed by atoms with van der Waals surface area (Å²) in [5.41, 5.74) is 7.25. The Morgan fingerprint density at radius 1 is 1.56 bits per heavy atom. The number of hydrogen-bond acceptors (Lipinski definition) is 4. The maximum absolute atomic E-state index is 12.1. The molecule has 1 heterocycles. The minimum atomic E-state index is -0.518. The zero-order valence-electron chi connectivity index (χ0n) is 10.0. The lowest BCUT2D eigenvalue weighted by Gasteiger charge is -2.30. The number of nitrogens with zero attached hydrogens (tertiary/aromatic N) is 2. The van der Waals surface area contributed by atoms with Crippen LogP contribution in [0.4, 0.5) is 5.69 Å². The van der Waals surface area contributed by atoms with Crippen LogP contribution in [-0.2, 0) is 16.0 Å². The van der Waals surface area contributed by atoms with E-state index in [9.17, 15) is 4.79 Å². The van der Waals surface area contributed by atoms with Crippen molar-refractivity contribution >= 4 is 11.6 Å². The molecule has 1 unspecified atom stereocenters. The number of morpholine rings is 1. The third-order valence-corrected chi connectivity index (χ3v) is 2.96. The van der Waals surface area contributed by atoms with Crippen molar-refractivity contribution in [2.24, 2.45) is 0 Å². The molecule has 5 nitrogen and oxygen atoms in total. The molecule has 0 radical (unpaired) electrons. The first-order valence-electron chi connectivity index (χ1n) is 5.83. The van der Waals surface area contributed by atoms with E-state index in [0.29, 0.717) is 25.4 Å². The van der Waals surface area contributed by atoms with Gasteiger partial charge in [-0.1, -0.05) is 18.2 Å². The summed E-state index contributed by atoms with van der Waals surface area (Å²) in [5.74, 6) is -0.0172. The Balaban J connectivity index is 2.00. The molecule has 0 bridgehead atoms. The van der Waals surface area contributed by atoms with Crippen LogP contribution >= 0.6 is 0 Å². The van der Waals surface area contributed by atoms with E-state index in [1.54, 1.807) is 11.0 Å². The van der Waals surface area contributed by atoms with Crippen molar-refractivity contribution in [1.29, 1.82) is 5.26 Å². The number of hydrogen-bond donors (Lipinski definition) is 1. The molecule has 1 aromatic carbocycles. The number of carbonyl (C=O) groups excluding carboxylic acids is 1. The van der Waals surface area contributed by atoms with Crippen LogP contribution in [0.3, 0.4) is 0 Å². The van der Waals surface area contributed by atoms with Gasteiger partial charge >= 0.3 is 0 Å². The highest BCUT2D eigenvalue weighted by Crippen LogP contribution is 2.13. The van der Waals surface area contributed by atoms with E-state index in [2.05, 4.69) is 0 Å². The number of para-hydroxylation sites is 1. The maximum Gasteiger partial charge on any atom is 0.227 e. The highest BCUT2D eigenvalue weighted by molar-refractivity contribution is 5.80. The number of benzene rings is 1. The minimum Gasteiger partial charge on any atom is -0.398 e. The zero-order chi connectivity index (χ0) is 13.0. The molecule has 1 fully saturated rings. The number of ether oxygens (including phenoxy) is 1. The highest BCUT2D eigenvalue weighted by atomic mass is 16.5. The SMILES string of the molecule is N#CC1CN(C(=O)Cc2ccccc2N)CCO1. The first kappa shape index (κ1) is 12.4. The van der Waals surface area contributed by atoms with Gasteiger partial charge in [-0.3, -0.25) is 4.79 Å².